The molecular weight excluding hydrogens is 265 g/mol. The first-order valence-corrected chi connectivity index (χ1v) is 7.19. The Balaban J connectivity index is 2.33. The molecule has 3 rings (SSSR count). The molecule has 1 aromatic carbocycles. The van der Waals surface area contributed by atoms with Gasteiger partial charge in [0.15, 0.2) is 0 Å². The first kappa shape index (κ1) is 13.6. The lowest BCUT2D eigenvalue weighted by Crippen LogP contribution is -2.12. The highest BCUT2D eigenvalue weighted by molar-refractivity contribution is 5.90. The molecule has 0 fully saturated rings. The van der Waals surface area contributed by atoms with Crippen LogP contribution in [0.25, 0.3) is 16.3 Å². The number of pyridine rings is 1. The van der Waals surface area contributed by atoms with E-state index in [1.165, 1.54) is 12.1 Å². The number of unbranched alkanes of at least 4 members (excludes halogenated alkanes) is 1. The molecule has 0 unspecified atom stereocenters. The van der Waals surface area contributed by atoms with Gasteiger partial charge in [-0.05, 0) is 54.1 Å². The summed E-state index contributed by atoms with van der Waals surface area (Å²) >= 11 is 0. The van der Waals surface area contributed by atoms with Crippen LogP contribution in [0.1, 0.15) is 31.0 Å². The smallest absolute Gasteiger partial charge is 0.256 e. The molecule has 21 heavy (non-hydrogen) atoms. The molecule has 1 N–H and O–H groups in total. The van der Waals surface area contributed by atoms with Crippen molar-refractivity contribution in [3.8, 4) is 0 Å². The third kappa shape index (κ3) is 2.48. The summed E-state index contributed by atoms with van der Waals surface area (Å²) in [5.74, 6) is -0.316. The summed E-state index contributed by atoms with van der Waals surface area (Å²) in [7, 11) is 0. The topological polar surface area (TPSA) is 32.9 Å². The van der Waals surface area contributed by atoms with Gasteiger partial charge in [-0.3, -0.25) is 4.79 Å². The van der Waals surface area contributed by atoms with E-state index in [1.807, 2.05) is 18.2 Å². The Morgan fingerprint density at radius 1 is 1.29 bits per heavy atom. The molecular formula is C18H16FNO. The molecule has 1 heterocycles. The van der Waals surface area contributed by atoms with Crippen LogP contribution in [-0.4, -0.2) is 4.98 Å². The lowest BCUT2D eigenvalue weighted by molar-refractivity contribution is 0.629. The molecule has 3 heteroatoms. The average molecular weight is 281 g/mol. The predicted octanol–water partition coefficient (Wildman–Crippen LogP) is 4.12. The van der Waals surface area contributed by atoms with Crippen LogP contribution in [0.5, 0.6) is 0 Å². The fourth-order valence-electron chi connectivity index (χ4n) is 2.68. The van der Waals surface area contributed by atoms with Crippen LogP contribution >= 0.6 is 0 Å². The first-order valence-electron chi connectivity index (χ1n) is 7.19. The van der Waals surface area contributed by atoms with Crippen LogP contribution < -0.4 is 5.56 Å². The third-order valence-corrected chi connectivity index (χ3v) is 3.74. The lowest BCUT2D eigenvalue weighted by Gasteiger charge is -2.12. The van der Waals surface area contributed by atoms with Gasteiger partial charge in [0.25, 0.3) is 5.56 Å². The van der Waals surface area contributed by atoms with Gasteiger partial charge >= 0.3 is 0 Å². The SMILES string of the molecule is CCCCc1c(C2=C=CC=C2)[nH]c(=O)c2ccc(F)cc12. The summed E-state index contributed by atoms with van der Waals surface area (Å²) in [5.41, 5.74) is 5.53. The lowest BCUT2D eigenvalue weighted by atomic mass is 9.96. The van der Waals surface area contributed by atoms with Crippen molar-refractivity contribution >= 4 is 16.3 Å². The molecule has 2 nitrogen and oxygen atoms in total. The summed E-state index contributed by atoms with van der Waals surface area (Å²) < 4.78 is 13.6. The largest absolute Gasteiger partial charge is 0.321 e. The van der Waals surface area contributed by atoms with Crippen LogP contribution in [0.4, 0.5) is 4.39 Å². The Bertz CT molecular complexity index is 851. The number of hydrogen-bond acceptors (Lipinski definition) is 1. The Labute approximate surface area is 122 Å². The number of nitrogens with one attached hydrogen (secondary N) is 1. The van der Waals surface area contributed by atoms with Crippen molar-refractivity contribution in [1.82, 2.24) is 4.98 Å². The van der Waals surface area contributed by atoms with Gasteiger partial charge in [0.1, 0.15) is 5.82 Å². The fraction of sp³-hybridized carbons (Fsp3) is 0.222. The number of aromatic nitrogens is 1. The Hall–Kier alpha value is -2.38. The number of hydrogen-bond donors (Lipinski definition) is 1. The Kier molecular flexibility index (Phi) is 3.59. The maximum absolute atomic E-state index is 13.6. The number of aromatic amines is 1. The highest BCUT2D eigenvalue weighted by Crippen LogP contribution is 2.27. The number of allylic oxidation sites excluding steroid dienone is 3. The number of aryl methyl sites for hydroxylation is 1. The van der Waals surface area contributed by atoms with Gasteiger partial charge in [-0.15, -0.1) is 5.73 Å². The van der Waals surface area contributed by atoms with Crippen molar-refractivity contribution in [3.05, 3.63) is 69.6 Å². The maximum Gasteiger partial charge on any atom is 0.256 e. The highest BCUT2D eigenvalue weighted by atomic mass is 19.1. The van der Waals surface area contributed by atoms with E-state index in [9.17, 15) is 9.18 Å². The van der Waals surface area contributed by atoms with Crippen LogP contribution in [0.3, 0.4) is 0 Å². The molecule has 0 amide bonds. The average Bonchev–Trinajstić information content (AvgIpc) is 3.00. The van der Waals surface area contributed by atoms with E-state index >= 15 is 0 Å². The van der Waals surface area contributed by atoms with E-state index in [4.69, 9.17) is 0 Å². The molecule has 1 aliphatic carbocycles. The summed E-state index contributed by atoms with van der Waals surface area (Å²) in [6, 6.07) is 4.34. The molecule has 0 aliphatic heterocycles. The van der Waals surface area contributed by atoms with Crippen molar-refractivity contribution in [3.63, 3.8) is 0 Å². The summed E-state index contributed by atoms with van der Waals surface area (Å²) in [4.78, 5) is 15.2. The highest BCUT2D eigenvalue weighted by Gasteiger charge is 2.14. The molecule has 0 saturated carbocycles. The van der Waals surface area contributed by atoms with Crippen LogP contribution in [0.15, 0.2) is 47.0 Å². The molecule has 2 aromatic rings. The number of H-pyrrole nitrogens is 1. The molecule has 106 valence electrons. The predicted molar refractivity (Wildman–Crippen MR) is 83.8 cm³/mol. The second-order valence-corrected chi connectivity index (χ2v) is 5.18. The van der Waals surface area contributed by atoms with E-state index in [2.05, 4.69) is 17.6 Å². The van der Waals surface area contributed by atoms with Crippen molar-refractivity contribution in [1.29, 1.82) is 0 Å². The zero-order chi connectivity index (χ0) is 14.8. The van der Waals surface area contributed by atoms with Crippen molar-refractivity contribution in [2.75, 3.05) is 0 Å². The van der Waals surface area contributed by atoms with Crippen molar-refractivity contribution < 1.29 is 4.39 Å². The van der Waals surface area contributed by atoms with E-state index in [1.54, 1.807) is 6.07 Å². The number of rotatable bonds is 4. The standard InChI is InChI=1S/C18H16FNO/c1-2-3-8-14-16-11-13(19)9-10-15(16)18(21)20-17(14)12-6-4-5-7-12/h4-6,9-11H,2-3,8H2,1H3,(H,20,21). The van der Waals surface area contributed by atoms with Gasteiger partial charge in [0.2, 0.25) is 0 Å². The minimum Gasteiger partial charge on any atom is -0.321 e. The van der Waals surface area contributed by atoms with Crippen LogP contribution in [0.2, 0.25) is 0 Å². The van der Waals surface area contributed by atoms with Crippen LogP contribution in [0, 0.1) is 5.82 Å². The molecule has 0 atom stereocenters. The quantitative estimate of drug-likeness (QED) is 0.840. The summed E-state index contributed by atoms with van der Waals surface area (Å²) in [6.07, 6.45) is 8.44. The minimum atomic E-state index is -0.316. The molecule has 0 radical (unpaired) electrons. The summed E-state index contributed by atoms with van der Waals surface area (Å²) in [5, 5.41) is 1.25. The van der Waals surface area contributed by atoms with Gasteiger partial charge in [-0.25, -0.2) is 4.39 Å². The van der Waals surface area contributed by atoms with E-state index < -0.39 is 0 Å². The van der Waals surface area contributed by atoms with Gasteiger partial charge in [0, 0.05) is 11.0 Å². The van der Waals surface area contributed by atoms with Gasteiger partial charge in [-0.2, -0.15) is 0 Å². The Morgan fingerprint density at radius 3 is 2.86 bits per heavy atom. The van der Waals surface area contributed by atoms with E-state index in [0.717, 1.165) is 36.1 Å². The second kappa shape index (κ2) is 5.55. The van der Waals surface area contributed by atoms with E-state index in [0.29, 0.717) is 10.8 Å². The fourth-order valence-corrected chi connectivity index (χ4v) is 2.68. The Morgan fingerprint density at radius 2 is 2.14 bits per heavy atom. The third-order valence-electron chi connectivity index (χ3n) is 3.74. The summed E-state index contributed by atoms with van der Waals surface area (Å²) in [6.45, 7) is 2.11. The number of benzene rings is 1. The minimum absolute atomic E-state index is 0.185. The molecule has 0 spiro atoms. The zero-order valence-corrected chi connectivity index (χ0v) is 11.9. The van der Waals surface area contributed by atoms with Gasteiger partial charge < -0.3 is 4.98 Å². The van der Waals surface area contributed by atoms with Gasteiger partial charge in [0.05, 0.1) is 5.69 Å². The normalized spacial score (nSPS) is 13.1. The second-order valence-electron chi connectivity index (χ2n) is 5.18. The first-order chi connectivity index (χ1) is 10.2. The van der Waals surface area contributed by atoms with E-state index in [-0.39, 0.29) is 11.4 Å². The monoisotopic (exact) mass is 281 g/mol. The maximum atomic E-state index is 13.6. The number of fused-ring (bicyclic) bond motifs is 1. The van der Waals surface area contributed by atoms with Crippen molar-refractivity contribution in [2.24, 2.45) is 0 Å². The molecule has 0 saturated heterocycles. The molecule has 1 aromatic heterocycles. The molecule has 1 aliphatic rings. The zero-order valence-electron chi connectivity index (χ0n) is 11.9. The van der Waals surface area contributed by atoms with Gasteiger partial charge in [-0.1, -0.05) is 19.4 Å². The molecule has 0 bridgehead atoms. The van der Waals surface area contributed by atoms with Crippen molar-refractivity contribution in [2.45, 2.75) is 26.2 Å². The number of halogens is 1. The van der Waals surface area contributed by atoms with Crippen LogP contribution in [-0.2, 0) is 6.42 Å².